The summed E-state index contributed by atoms with van der Waals surface area (Å²) < 4.78 is 8.43. The van der Waals surface area contributed by atoms with Crippen molar-refractivity contribution in [2.45, 2.75) is 57.7 Å². The highest BCUT2D eigenvalue weighted by atomic mass is 16.5. The van der Waals surface area contributed by atoms with Crippen LogP contribution in [0, 0.1) is 11.3 Å². The molecule has 1 saturated carbocycles. The van der Waals surface area contributed by atoms with E-state index in [1.165, 1.54) is 6.21 Å². The van der Waals surface area contributed by atoms with E-state index in [4.69, 9.17) is 15.1 Å². The maximum Gasteiger partial charge on any atom is 0.241 e. The van der Waals surface area contributed by atoms with Crippen LogP contribution in [0.4, 0.5) is 0 Å². The number of hydrogen-bond acceptors (Lipinski definition) is 7. The van der Waals surface area contributed by atoms with Crippen LogP contribution in [0.1, 0.15) is 51.8 Å². The van der Waals surface area contributed by atoms with Crippen LogP contribution >= 0.6 is 0 Å². The minimum absolute atomic E-state index is 0.0435. The summed E-state index contributed by atoms with van der Waals surface area (Å²) in [7, 11) is 0. The lowest BCUT2D eigenvalue weighted by Crippen LogP contribution is -2.39. The van der Waals surface area contributed by atoms with Gasteiger partial charge in [-0.2, -0.15) is 0 Å². The minimum Gasteiger partial charge on any atom is -0.473 e. The number of carbonyl (C=O) groups excluding carboxylic acids is 1. The Morgan fingerprint density at radius 3 is 2.90 bits per heavy atom. The van der Waals surface area contributed by atoms with Gasteiger partial charge in [-0.1, -0.05) is 0 Å². The maximum absolute atomic E-state index is 11.6. The lowest BCUT2D eigenvalue weighted by Gasteiger charge is -2.23. The van der Waals surface area contributed by atoms with Crippen LogP contribution in [-0.2, 0) is 4.79 Å². The fraction of sp³-hybridized carbons (Fsp3) is 0.545. The van der Waals surface area contributed by atoms with Crippen molar-refractivity contribution in [3.63, 3.8) is 0 Å². The topological polar surface area (TPSA) is 125 Å². The van der Waals surface area contributed by atoms with E-state index in [-0.39, 0.29) is 24.5 Å². The molecular weight excluding hydrogens is 396 g/mol. The van der Waals surface area contributed by atoms with E-state index in [0.29, 0.717) is 36.2 Å². The summed E-state index contributed by atoms with van der Waals surface area (Å²) in [6.07, 6.45) is 7.18. The first-order chi connectivity index (χ1) is 14.8. The summed E-state index contributed by atoms with van der Waals surface area (Å²) in [6, 6.07) is 2.27. The van der Waals surface area contributed by atoms with Gasteiger partial charge in [-0.15, -0.1) is 0 Å². The number of nitrogens with one attached hydrogen (secondary N) is 3. The summed E-state index contributed by atoms with van der Waals surface area (Å²) in [6.45, 7) is 6.24. The van der Waals surface area contributed by atoms with Gasteiger partial charge in [-0.3, -0.25) is 4.79 Å². The molecule has 4 rings (SSSR count). The number of carbonyl (C=O) groups is 1. The Bertz CT molecular complexity index is 1020. The summed E-state index contributed by atoms with van der Waals surface area (Å²) in [5.41, 5.74) is 2.20. The first-order valence-electron chi connectivity index (χ1n) is 10.7. The number of pyridine rings is 1. The van der Waals surface area contributed by atoms with Crippen molar-refractivity contribution in [3.05, 3.63) is 24.3 Å². The molecule has 1 amide bonds. The molecule has 1 aliphatic carbocycles. The zero-order valence-corrected chi connectivity index (χ0v) is 18.2. The molecule has 2 atom stereocenters. The zero-order chi connectivity index (χ0) is 22.2. The van der Waals surface area contributed by atoms with Crippen LogP contribution in [0.5, 0.6) is 5.88 Å². The number of nitrogens with zero attached hydrogens (tertiary/aromatic N) is 3. The first kappa shape index (κ1) is 21.3. The molecule has 4 N–H and O–H groups in total. The molecule has 1 saturated heterocycles. The Balaban J connectivity index is 1.71. The van der Waals surface area contributed by atoms with Gasteiger partial charge in [0, 0.05) is 42.9 Å². The van der Waals surface area contributed by atoms with Crippen molar-refractivity contribution in [1.82, 2.24) is 25.2 Å². The third-order valence-corrected chi connectivity index (χ3v) is 5.90. The van der Waals surface area contributed by atoms with Gasteiger partial charge in [0.2, 0.25) is 11.8 Å². The molecule has 0 aromatic carbocycles. The van der Waals surface area contributed by atoms with Gasteiger partial charge < -0.3 is 30.5 Å². The fourth-order valence-corrected chi connectivity index (χ4v) is 3.62. The molecular formula is C22H30N6O3. The van der Waals surface area contributed by atoms with Gasteiger partial charge in [-0.05, 0) is 39.7 Å². The molecule has 2 aliphatic rings. The average molecular weight is 427 g/mol. The van der Waals surface area contributed by atoms with E-state index in [0.717, 1.165) is 23.9 Å². The van der Waals surface area contributed by atoms with Gasteiger partial charge in [0.25, 0.3) is 0 Å². The van der Waals surface area contributed by atoms with Gasteiger partial charge in [0.05, 0.1) is 29.7 Å². The van der Waals surface area contributed by atoms with E-state index in [9.17, 15) is 9.90 Å². The second-order valence-corrected chi connectivity index (χ2v) is 9.08. The summed E-state index contributed by atoms with van der Waals surface area (Å²) in [5.74, 6) is 0.593. The Morgan fingerprint density at radius 1 is 1.52 bits per heavy atom. The molecule has 0 unspecified atom stereocenters. The summed E-state index contributed by atoms with van der Waals surface area (Å²) >= 11 is 0. The smallest absolute Gasteiger partial charge is 0.241 e. The SMILES string of the molecule is C[C@@H](Oc1nc(/C(C=N)=C/NC(C)(C)CO)cc2ncn(C3CC3)c12)[C@H]1CNC(=O)C1. The number of allylic oxidation sites excluding steroid dienone is 1. The number of aromatic nitrogens is 3. The number of aliphatic hydroxyl groups excluding tert-OH is 1. The normalized spacial score (nSPS) is 20.6. The number of hydrogen-bond donors (Lipinski definition) is 4. The van der Waals surface area contributed by atoms with Crippen molar-refractivity contribution < 1.29 is 14.6 Å². The van der Waals surface area contributed by atoms with Crippen LogP contribution < -0.4 is 15.4 Å². The highest BCUT2D eigenvalue weighted by molar-refractivity contribution is 6.08. The average Bonchev–Trinajstić information content (AvgIpc) is 3.34. The van der Waals surface area contributed by atoms with Crippen molar-refractivity contribution >= 4 is 28.7 Å². The lowest BCUT2D eigenvalue weighted by atomic mass is 10.0. The van der Waals surface area contributed by atoms with E-state index >= 15 is 0 Å². The van der Waals surface area contributed by atoms with Crippen LogP contribution in [0.15, 0.2) is 18.6 Å². The number of ether oxygens (including phenoxy) is 1. The highest BCUT2D eigenvalue weighted by Crippen LogP contribution is 2.40. The van der Waals surface area contributed by atoms with Gasteiger partial charge >= 0.3 is 0 Å². The molecule has 0 spiro atoms. The molecule has 9 nitrogen and oxygen atoms in total. The molecule has 2 aromatic rings. The van der Waals surface area contributed by atoms with E-state index < -0.39 is 5.54 Å². The molecule has 2 fully saturated rings. The van der Waals surface area contributed by atoms with E-state index in [2.05, 4.69) is 20.2 Å². The van der Waals surface area contributed by atoms with Crippen molar-refractivity contribution in [1.29, 1.82) is 5.41 Å². The van der Waals surface area contributed by atoms with E-state index in [1.807, 2.05) is 33.2 Å². The predicted molar refractivity (Wildman–Crippen MR) is 118 cm³/mol. The number of imidazole rings is 1. The fourth-order valence-electron chi connectivity index (χ4n) is 3.62. The Morgan fingerprint density at radius 2 is 2.29 bits per heavy atom. The third-order valence-electron chi connectivity index (χ3n) is 5.90. The lowest BCUT2D eigenvalue weighted by molar-refractivity contribution is -0.119. The quantitative estimate of drug-likeness (QED) is 0.455. The van der Waals surface area contributed by atoms with Crippen molar-refractivity contribution in [2.24, 2.45) is 5.92 Å². The zero-order valence-electron chi connectivity index (χ0n) is 18.2. The highest BCUT2D eigenvalue weighted by Gasteiger charge is 2.31. The third kappa shape index (κ3) is 4.56. The standard InChI is InChI=1S/C22H30N6O3/c1-13(14-6-19(30)24-9-14)31-21-20-18(25-12-28(20)16-4-5-16)7-17(27-21)15(8-23)10-26-22(2,3)11-29/h7-8,10,12-14,16,23,26,29H,4-6,9,11H2,1-3H3,(H,24,30)/b15-10+,23-8?/t13-,14-/m1/s1. The molecule has 0 bridgehead atoms. The van der Waals surface area contributed by atoms with Gasteiger partial charge in [0.1, 0.15) is 11.6 Å². The maximum atomic E-state index is 11.6. The Labute approximate surface area is 181 Å². The molecule has 0 radical (unpaired) electrons. The van der Waals surface area contributed by atoms with E-state index in [1.54, 1.807) is 6.20 Å². The van der Waals surface area contributed by atoms with Crippen LogP contribution in [0.2, 0.25) is 0 Å². The predicted octanol–water partition coefficient (Wildman–Crippen LogP) is 2.02. The first-order valence-corrected chi connectivity index (χ1v) is 10.7. The van der Waals surface area contributed by atoms with Gasteiger partial charge in [-0.25, -0.2) is 9.97 Å². The second-order valence-electron chi connectivity index (χ2n) is 9.08. The molecule has 9 heteroatoms. The molecule has 1 aliphatic heterocycles. The van der Waals surface area contributed by atoms with Gasteiger partial charge in [0.15, 0.2) is 0 Å². The van der Waals surface area contributed by atoms with Crippen LogP contribution in [0.3, 0.4) is 0 Å². The molecule has 2 aromatic heterocycles. The number of amides is 1. The number of fused-ring (bicyclic) bond motifs is 1. The minimum atomic E-state index is -0.526. The number of rotatable bonds is 9. The molecule has 166 valence electrons. The van der Waals surface area contributed by atoms with Crippen LogP contribution in [-0.4, -0.2) is 56.6 Å². The Kier molecular flexibility index (Phi) is 5.70. The summed E-state index contributed by atoms with van der Waals surface area (Å²) in [5, 5.41) is 23.4. The largest absolute Gasteiger partial charge is 0.473 e. The molecule has 31 heavy (non-hydrogen) atoms. The molecule has 3 heterocycles. The monoisotopic (exact) mass is 426 g/mol. The van der Waals surface area contributed by atoms with Crippen LogP contribution in [0.25, 0.3) is 16.6 Å². The number of aliphatic hydroxyl groups is 1. The Hall–Kier alpha value is -2.94. The van der Waals surface area contributed by atoms with Crippen molar-refractivity contribution in [2.75, 3.05) is 13.2 Å². The second kappa shape index (κ2) is 8.30. The summed E-state index contributed by atoms with van der Waals surface area (Å²) in [4.78, 5) is 21.0. The van der Waals surface area contributed by atoms with Crippen molar-refractivity contribution in [3.8, 4) is 5.88 Å².